The smallest absolute Gasteiger partial charge is 0.276 e. The lowest BCUT2D eigenvalue weighted by molar-refractivity contribution is 0.102. The van der Waals surface area contributed by atoms with Crippen molar-refractivity contribution in [2.24, 2.45) is 0 Å². The van der Waals surface area contributed by atoms with Crippen LogP contribution in [0.4, 0.5) is 11.5 Å². The van der Waals surface area contributed by atoms with Crippen LogP contribution in [0.1, 0.15) is 16.2 Å². The maximum absolute atomic E-state index is 12.4. The molecule has 1 amide bonds. The van der Waals surface area contributed by atoms with Gasteiger partial charge in [0, 0.05) is 48.5 Å². The Morgan fingerprint density at radius 3 is 2.72 bits per heavy atom. The number of aryl methyl sites for hydroxylation is 1. The Balaban J connectivity index is 1.47. The van der Waals surface area contributed by atoms with E-state index < -0.39 is 0 Å². The van der Waals surface area contributed by atoms with E-state index in [0.29, 0.717) is 5.69 Å². The van der Waals surface area contributed by atoms with Crippen molar-refractivity contribution in [2.45, 2.75) is 6.92 Å². The van der Waals surface area contributed by atoms with Crippen LogP contribution in [0.5, 0.6) is 0 Å². The van der Waals surface area contributed by atoms with Gasteiger partial charge in [-0.1, -0.05) is 0 Å². The molecular formula is C18H20N6O. The molecule has 7 nitrogen and oxygen atoms in total. The molecule has 1 aliphatic rings. The average molecular weight is 336 g/mol. The van der Waals surface area contributed by atoms with Crippen LogP contribution < -0.4 is 15.5 Å². The molecule has 4 rings (SSSR count). The molecular weight excluding hydrogens is 316 g/mol. The molecule has 3 heterocycles. The Morgan fingerprint density at radius 1 is 1.12 bits per heavy atom. The minimum Gasteiger partial charge on any atom is -0.359 e. The van der Waals surface area contributed by atoms with E-state index in [0.717, 1.165) is 54.3 Å². The zero-order chi connectivity index (χ0) is 17.2. The Bertz CT molecular complexity index is 896. The number of benzene rings is 1. The summed E-state index contributed by atoms with van der Waals surface area (Å²) in [6.45, 7) is 5.68. The molecule has 0 atom stereocenters. The lowest BCUT2D eigenvalue weighted by atomic mass is 10.2. The topological polar surface area (TPSA) is 85.9 Å². The SMILES string of the molecule is Cc1cc2cc(NC(=O)c3ccc(N4CCNCC4)nn3)ccc2[nH]1. The second kappa shape index (κ2) is 6.52. The van der Waals surface area contributed by atoms with Crippen molar-refractivity contribution >= 4 is 28.3 Å². The number of aromatic amines is 1. The number of carbonyl (C=O) groups is 1. The molecule has 7 heteroatoms. The van der Waals surface area contributed by atoms with Gasteiger partial charge in [0.15, 0.2) is 11.5 Å². The summed E-state index contributed by atoms with van der Waals surface area (Å²) >= 11 is 0. The Kier molecular flexibility index (Phi) is 4.07. The summed E-state index contributed by atoms with van der Waals surface area (Å²) in [7, 11) is 0. The third-order valence-corrected chi connectivity index (χ3v) is 4.34. The minimum absolute atomic E-state index is 0.258. The van der Waals surface area contributed by atoms with Gasteiger partial charge in [0.25, 0.3) is 5.91 Å². The molecule has 3 aromatic rings. The van der Waals surface area contributed by atoms with Crippen LogP contribution in [-0.2, 0) is 0 Å². The largest absolute Gasteiger partial charge is 0.359 e. The van der Waals surface area contributed by atoms with Crippen molar-refractivity contribution in [3.63, 3.8) is 0 Å². The summed E-state index contributed by atoms with van der Waals surface area (Å²) in [5.41, 5.74) is 3.19. The van der Waals surface area contributed by atoms with E-state index in [-0.39, 0.29) is 5.91 Å². The summed E-state index contributed by atoms with van der Waals surface area (Å²) in [4.78, 5) is 17.8. The Labute approximate surface area is 145 Å². The van der Waals surface area contributed by atoms with Gasteiger partial charge in [0.2, 0.25) is 0 Å². The number of anilines is 2. The van der Waals surface area contributed by atoms with Crippen molar-refractivity contribution in [1.29, 1.82) is 0 Å². The van der Waals surface area contributed by atoms with Gasteiger partial charge < -0.3 is 20.5 Å². The standard InChI is InChI=1S/C18H20N6O/c1-12-10-13-11-14(2-3-15(13)20-12)21-18(25)16-4-5-17(23-22-16)24-8-6-19-7-9-24/h2-5,10-11,19-20H,6-9H2,1H3,(H,21,25). The molecule has 0 spiro atoms. The van der Waals surface area contributed by atoms with Gasteiger partial charge in [0.05, 0.1) is 0 Å². The first-order valence-corrected chi connectivity index (χ1v) is 8.39. The van der Waals surface area contributed by atoms with Crippen LogP contribution in [-0.4, -0.2) is 47.3 Å². The van der Waals surface area contributed by atoms with Gasteiger partial charge in [-0.2, -0.15) is 0 Å². The van der Waals surface area contributed by atoms with E-state index in [2.05, 4.69) is 30.7 Å². The fourth-order valence-electron chi connectivity index (χ4n) is 3.06. The number of hydrogen-bond acceptors (Lipinski definition) is 5. The fourth-order valence-corrected chi connectivity index (χ4v) is 3.06. The summed E-state index contributed by atoms with van der Waals surface area (Å²) < 4.78 is 0. The molecule has 0 saturated carbocycles. The molecule has 0 unspecified atom stereocenters. The summed E-state index contributed by atoms with van der Waals surface area (Å²) in [6, 6.07) is 11.4. The number of hydrogen-bond donors (Lipinski definition) is 3. The highest BCUT2D eigenvalue weighted by molar-refractivity contribution is 6.03. The number of nitrogens with zero attached hydrogens (tertiary/aromatic N) is 3. The van der Waals surface area contributed by atoms with Gasteiger partial charge >= 0.3 is 0 Å². The number of H-pyrrole nitrogens is 1. The first-order chi connectivity index (χ1) is 12.2. The van der Waals surface area contributed by atoms with Crippen LogP contribution in [0.15, 0.2) is 36.4 Å². The van der Waals surface area contributed by atoms with Gasteiger partial charge in [-0.25, -0.2) is 0 Å². The normalized spacial score (nSPS) is 14.7. The number of rotatable bonds is 3. The predicted molar refractivity (Wildman–Crippen MR) is 98.1 cm³/mol. The number of amides is 1. The number of carbonyl (C=O) groups excluding carboxylic acids is 1. The molecule has 1 saturated heterocycles. The Hall–Kier alpha value is -2.93. The third kappa shape index (κ3) is 3.32. The van der Waals surface area contributed by atoms with E-state index in [1.165, 1.54) is 0 Å². The number of fused-ring (bicyclic) bond motifs is 1. The molecule has 128 valence electrons. The van der Waals surface area contributed by atoms with E-state index in [4.69, 9.17) is 0 Å². The van der Waals surface area contributed by atoms with Crippen LogP contribution in [0.3, 0.4) is 0 Å². The zero-order valence-electron chi connectivity index (χ0n) is 14.0. The minimum atomic E-state index is -0.258. The molecule has 1 aliphatic heterocycles. The quantitative estimate of drug-likeness (QED) is 0.680. The summed E-state index contributed by atoms with van der Waals surface area (Å²) in [5, 5.41) is 15.5. The molecule has 0 aliphatic carbocycles. The number of aromatic nitrogens is 3. The van der Waals surface area contributed by atoms with Crippen molar-refractivity contribution in [3.8, 4) is 0 Å². The second-order valence-electron chi connectivity index (χ2n) is 6.22. The molecule has 3 N–H and O–H groups in total. The lowest BCUT2D eigenvalue weighted by Gasteiger charge is -2.27. The first kappa shape index (κ1) is 15.6. The lowest BCUT2D eigenvalue weighted by Crippen LogP contribution is -2.44. The highest BCUT2D eigenvalue weighted by Gasteiger charge is 2.14. The van der Waals surface area contributed by atoms with E-state index in [1.54, 1.807) is 6.07 Å². The van der Waals surface area contributed by atoms with Crippen LogP contribution in [0.2, 0.25) is 0 Å². The first-order valence-electron chi connectivity index (χ1n) is 8.39. The van der Waals surface area contributed by atoms with Crippen molar-refractivity contribution in [3.05, 3.63) is 47.8 Å². The third-order valence-electron chi connectivity index (χ3n) is 4.34. The summed E-state index contributed by atoms with van der Waals surface area (Å²) in [5.74, 6) is 0.549. The fraction of sp³-hybridized carbons (Fsp3) is 0.278. The van der Waals surface area contributed by atoms with Gasteiger partial charge in [0.1, 0.15) is 0 Å². The van der Waals surface area contributed by atoms with Gasteiger partial charge in [-0.3, -0.25) is 4.79 Å². The summed E-state index contributed by atoms with van der Waals surface area (Å²) in [6.07, 6.45) is 0. The van der Waals surface area contributed by atoms with Crippen molar-refractivity contribution in [1.82, 2.24) is 20.5 Å². The number of piperazine rings is 1. The van der Waals surface area contributed by atoms with E-state index in [1.807, 2.05) is 37.3 Å². The van der Waals surface area contributed by atoms with Crippen LogP contribution in [0, 0.1) is 6.92 Å². The van der Waals surface area contributed by atoms with Gasteiger partial charge in [-0.15, -0.1) is 10.2 Å². The number of nitrogens with one attached hydrogen (secondary N) is 3. The molecule has 0 bridgehead atoms. The highest BCUT2D eigenvalue weighted by atomic mass is 16.1. The van der Waals surface area contributed by atoms with Crippen molar-refractivity contribution in [2.75, 3.05) is 36.4 Å². The molecule has 2 aromatic heterocycles. The van der Waals surface area contributed by atoms with Gasteiger partial charge in [-0.05, 0) is 43.3 Å². The zero-order valence-corrected chi connectivity index (χ0v) is 14.0. The van der Waals surface area contributed by atoms with Crippen LogP contribution in [0.25, 0.3) is 10.9 Å². The average Bonchev–Trinajstić information content (AvgIpc) is 3.02. The molecule has 1 aromatic carbocycles. The molecule has 25 heavy (non-hydrogen) atoms. The molecule has 1 fully saturated rings. The van der Waals surface area contributed by atoms with E-state index in [9.17, 15) is 4.79 Å². The maximum Gasteiger partial charge on any atom is 0.276 e. The maximum atomic E-state index is 12.4. The monoisotopic (exact) mass is 336 g/mol. The Morgan fingerprint density at radius 2 is 1.96 bits per heavy atom. The second-order valence-corrected chi connectivity index (χ2v) is 6.22. The van der Waals surface area contributed by atoms with Crippen LogP contribution >= 0.6 is 0 Å². The predicted octanol–water partition coefficient (Wildman–Crippen LogP) is 1.93. The van der Waals surface area contributed by atoms with Crippen molar-refractivity contribution < 1.29 is 4.79 Å². The highest BCUT2D eigenvalue weighted by Crippen LogP contribution is 2.20. The molecule has 0 radical (unpaired) electrons. The van der Waals surface area contributed by atoms with E-state index >= 15 is 0 Å².